The second-order valence-electron chi connectivity index (χ2n) is 3.72. The Morgan fingerprint density at radius 2 is 2.50 bits per heavy atom. The van der Waals surface area contributed by atoms with E-state index in [-0.39, 0.29) is 6.04 Å². The first kappa shape index (κ1) is 11.4. The average molecular weight is 197 g/mol. The summed E-state index contributed by atoms with van der Waals surface area (Å²) in [5.41, 5.74) is 0. The summed E-state index contributed by atoms with van der Waals surface area (Å²) in [4.78, 5) is 2.38. The Morgan fingerprint density at radius 3 is 3.07 bits per heavy atom. The van der Waals surface area contributed by atoms with Gasteiger partial charge in [-0.2, -0.15) is 5.26 Å². The first-order chi connectivity index (χ1) is 6.77. The Hall–Kier alpha value is -0.630. The highest BCUT2D eigenvalue weighted by molar-refractivity contribution is 4.89. The minimum absolute atomic E-state index is 0.0231. The van der Waals surface area contributed by atoms with Crippen LogP contribution in [0.2, 0.25) is 0 Å². The first-order valence-electron chi connectivity index (χ1n) is 5.16. The van der Waals surface area contributed by atoms with E-state index in [1.807, 2.05) is 7.05 Å². The van der Waals surface area contributed by atoms with Crippen molar-refractivity contribution in [1.29, 1.82) is 5.26 Å². The molecule has 0 bridgehead atoms. The van der Waals surface area contributed by atoms with Crippen LogP contribution in [0.3, 0.4) is 0 Å². The number of ether oxygens (including phenoxy) is 1. The van der Waals surface area contributed by atoms with Crippen LogP contribution in [-0.2, 0) is 4.74 Å². The van der Waals surface area contributed by atoms with Crippen molar-refractivity contribution in [3.63, 3.8) is 0 Å². The Labute approximate surface area is 85.8 Å². The molecule has 1 aliphatic heterocycles. The van der Waals surface area contributed by atoms with Gasteiger partial charge in [-0.15, -0.1) is 0 Å². The van der Waals surface area contributed by atoms with E-state index in [1.54, 1.807) is 0 Å². The second-order valence-corrected chi connectivity index (χ2v) is 3.72. The summed E-state index contributed by atoms with van der Waals surface area (Å²) < 4.78 is 5.35. The molecule has 0 amide bonds. The normalized spacial score (nSPS) is 25.6. The van der Waals surface area contributed by atoms with Gasteiger partial charge in [-0.1, -0.05) is 0 Å². The first-order valence-corrected chi connectivity index (χ1v) is 5.16. The van der Waals surface area contributed by atoms with Gasteiger partial charge < -0.3 is 10.1 Å². The van der Waals surface area contributed by atoms with Crippen molar-refractivity contribution in [1.82, 2.24) is 10.2 Å². The monoisotopic (exact) mass is 197 g/mol. The minimum atomic E-state index is -0.0231. The lowest BCUT2D eigenvalue weighted by Crippen LogP contribution is -2.45. The van der Waals surface area contributed by atoms with Gasteiger partial charge in [0.25, 0.3) is 0 Å². The van der Waals surface area contributed by atoms with Crippen LogP contribution >= 0.6 is 0 Å². The molecular formula is C10H19N3O. The molecule has 1 rings (SSSR count). The molecule has 0 radical (unpaired) electrons. The number of rotatable bonds is 4. The Morgan fingerprint density at radius 1 is 1.71 bits per heavy atom. The summed E-state index contributed by atoms with van der Waals surface area (Å²) in [5, 5.41) is 11.8. The fraction of sp³-hybridized carbons (Fsp3) is 0.900. The molecule has 0 aromatic carbocycles. The van der Waals surface area contributed by atoms with Crippen molar-refractivity contribution in [2.45, 2.75) is 25.4 Å². The smallest absolute Gasteiger partial charge is 0.0962 e. The Bertz CT molecular complexity index is 202. The lowest BCUT2D eigenvalue weighted by Gasteiger charge is -2.33. The van der Waals surface area contributed by atoms with Gasteiger partial charge >= 0.3 is 0 Å². The molecule has 0 aromatic rings. The summed E-state index contributed by atoms with van der Waals surface area (Å²) in [6.45, 7) is 5.77. The summed E-state index contributed by atoms with van der Waals surface area (Å²) >= 11 is 0. The van der Waals surface area contributed by atoms with E-state index in [2.05, 4.69) is 23.2 Å². The Kier molecular flexibility index (Phi) is 4.88. The molecule has 4 heteroatoms. The quantitative estimate of drug-likeness (QED) is 0.700. The molecule has 1 aliphatic rings. The summed E-state index contributed by atoms with van der Waals surface area (Å²) in [5.74, 6) is 0. The van der Waals surface area contributed by atoms with Crippen LogP contribution in [0.1, 0.15) is 13.3 Å². The number of nitrogens with zero attached hydrogens (tertiary/aromatic N) is 2. The van der Waals surface area contributed by atoms with Crippen molar-refractivity contribution in [3.8, 4) is 6.07 Å². The highest BCUT2D eigenvalue weighted by Crippen LogP contribution is 2.07. The third kappa shape index (κ3) is 3.26. The maximum atomic E-state index is 8.77. The zero-order valence-corrected chi connectivity index (χ0v) is 8.99. The molecule has 80 valence electrons. The number of nitriles is 1. The van der Waals surface area contributed by atoms with Gasteiger partial charge in [-0.05, 0) is 20.4 Å². The molecule has 1 heterocycles. The van der Waals surface area contributed by atoms with Crippen LogP contribution in [0.25, 0.3) is 0 Å². The number of morpholine rings is 1. The summed E-state index contributed by atoms with van der Waals surface area (Å²) in [6, 6.07) is 2.70. The third-order valence-electron chi connectivity index (χ3n) is 2.71. The lowest BCUT2D eigenvalue weighted by molar-refractivity contribution is -0.00115. The molecule has 0 spiro atoms. The fourth-order valence-corrected chi connectivity index (χ4v) is 1.66. The van der Waals surface area contributed by atoms with Gasteiger partial charge in [0, 0.05) is 19.1 Å². The predicted molar refractivity (Wildman–Crippen MR) is 54.9 cm³/mol. The van der Waals surface area contributed by atoms with E-state index < -0.39 is 0 Å². The zero-order valence-electron chi connectivity index (χ0n) is 8.99. The summed E-state index contributed by atoms with van der Waals surface area (Å²) in [6.07, 6.45) is 0.886. The van der Waals surface area contributed by atoms with Gasteiger partial charge in [0.1, 0.15) is 0 Å². The lowest BCUT2D eigenvalue weighted by atomic mass is 10.2. The van der Waals surface area contributed by atoms with Crippen molar-refractivity contribution < 1.29 is 4.74 Å². The largest absolute Gasteiger partial charge is 0.379 e. The molecule has 2 unspecified atom stereocenters. The number of nitrogens with one attached hydrogen (secondary N) is 1. The maximum Gasteiger partial charge on any atom is 0.0962 e. The second kappa shape index (κ2) is 5.97. The highest BCUT2D eigenvalue weighted by atomic mass is 16.5. The van der Waals surface area contributed by atoms with Crippen LogP contribution in [0.5, 0.6) is 0 Å². The van der Waals surface area contributed by atoms with E-state index in [9.17, 15) is 0 Å². The topological polar surface area (TPSA) is 48.3 Å². The molecule has 0 aliphatic carbocycles. The zero-order chi connectivity index (χ0) is 10.4. The number of hydrogen-bond donors (Lipinski definition) is 1. The third-order valence-corrected chi connectivity index (χ3v) is 2.71. The number of hydrogen-bond acceptors (Lipinski definition) is 4. The van der Waals surface area contributed by atoms with Gasteiger partial charge in [0.05, 0.1) is 25.3 Å². The molecule has 1 saturated heterocycles. The van der Waals surface area contributed by atoms with Crippen molar-refractivity contribution in [2.24, 2.45) is 0 Å². The van der Waals surface area contributed by atoms with Crippen molar-refractivity contribution in [2.75, 3.05) is 33.4 Å². The molecular weight excluding hydrogens is 178 g/mol. The molecule has 0 aromatic heterocycles. The van der Waals surface area contributed by atoms with Crippen molar-refractivity contribution in [3.05, 3.63) is 0 Å². The summed E-state index contributed by atoms with van der Waals surface area (Å²) in [7, 11) is 1.83. The molecule has 1 N–H and O–H groups in total. The van der Waals surface area contributed by atoms with Gasteiger partial charge in [-0.3, -0.25) is 4.90 Å². The van der Waals surface area contributed by atoms with Gasteiger partial charge in [-0.25, -0.2) is 0 Å². The van der Waals surface area contributed by atoms with E-state index in [0.717, 1.165) is 32.7 Å². The van der Waals surface area contributed by atoms with Crippen LogP contribution in [0.15, 0.2) is 0 Å². The molecule has 14 heavy (non-hydrogen) atoms. The SMILES string of the molecule is CNC(C#N)CCN1CCOCC1C. The van der Waals surface area contributed by atoms with Crippen LogP contribution < -0.4 is 5.32 Å². The Balaban J connectivity index is 2.25. The standard InChI is InChI=1S/C10H19N3O/c1-9-8-14-6-5-13(9)4-3-10(7-11)12-2/h9-10,12H,3-6,8H2,1-2H3. The van der Waals surface area contributed by atoms with Crippen LogP contribution in [-0.4, -0.2) is 50.3 Å². The van der Waals surface area contributed by atoms with Crippen molar-refractivity contribution >= 4 is 0 Å². The molecule has 1 fully saturated rings. The average Bonchev–Trinajstić information content (AvgIpc) is 2.22. The van der Waals surface area contributed by atoms with Crippen LogP contribution in [0.4, 0.5) is 0 Å². The van der Waals surface area contributed by atoms with E-state index >= 15 is 0 Å². The van der Waals surface area contributed by atoms with E-state index in [4.69, 9.17) is 10.00 Å². The maximum absolute atomic E-state index is 8.77. The fourth-order valence-electron chi connectivity index (χ4n) is 1.66. The van der Waals surface area contributed by atoms with Gasteiger partial charge in [0.15, 0.2) is 0 Å². The molecule has 2 atom stereocenters. The highest BCUT2D eigenvalue weighted by Gasteiger charge is 2.19. The molecule has 0 saturated carbocycles. The van der Waals surface area contributed by atoms with E-state index in [1.165, 1.54) is 0 Å². The van der Waals surface area contributed by atoms with Crippen LogP contribution in [0, 0.1) is 11.3 Å². The predicted octanol–water partition coefficient (Wildman–Crippen LogP) is 0.209. The van der Waals surface area contributed by atoms with E-state index in [0.29, 0.717) is 6.04 Å². The molecule has 4 nitrogen and oxygen atoms in total. The minimum Gasteiger partial charge on any atom is -0.379 e. The van der Waals surface area contributed by atoms with Gasteiger partial charge in [0.2, 0.25) is 0 Å².